The van der Waals surface area contributed by atoms with Gasteiger partial charge in [-0.25, -0.2) is 4.79 Å². The minimum Gasteiger partial charge on any atom is -0.480 e. The Labute approximate surface area is 109 Å². The molecule has 0 unspecified atom stereocenters. The van der Waals surface area contributed by atoms with Gasteiger partial charge in [0.1, 0.15) is 12.6 Å². The van der Waals surface area contributed by atoms with Gasteiger partial charge >= 0.3 is 11.3 Å². The van der Waals surface area contributed by atoms with E-state index in [1.807, 2.05) is 30.3 Å². The van der Waals surface area contributed by atoms with Crippen LogP contribution in [0.5, 0.6) is 0 Å². The summed E-state index contributed by atoms with van der Waals surface area (Å²) in [6.07, 6.45) is 0.237. The average Bonchev–Trinajstić information content (AvgIpc) is 2.37. The molecule has 1 rings (SSSR count). The van der Waals surface area contributed by atoms with Crippen LogP contribution in [0.15, 0.2) is 30.3 Å². The Balaban J connectivity index is 2.17. The van der Waals surface area contributed by atoms with Crippen LogP contribution in [0.4, 0.5) is 4.79 Å². The second-order valence-corrected chi connectivity index (χ2v) is 4.64. The number of carboxylic acids is 1. The highest BCUT2D eigenvalue weighted by atomic mass is 32.2. The van der Waals surface area contributed by atoms with Crippen molar-refractivity contribution >= 4 is 23.0 Å². The lowest BCUT2D eigenvalue weighted by Crippen LogP contribution is -2.30. The number of hydrogen-bond acceptors (Lipinski definition) is 5. The minimum atomic E-state index is -1.06. The van der Waals surface area contributed by atoms with Crippen LogP contribution in [-0.4, -0.2) is 28.2 Å². The third kappa shape index (κ3) is 5.70. The van der Waals surface area contributed by atoms with Crippen molar-refractivity contribution in [3.8, 4) is 0 Å². The maximum atomic E-state index is 11.3. The summed E-state index contributed by atoms with van der Waals surface area (Å²) in [5.41, 5.74) is 6.21. The molecule has 0 saturated carbocycles. The molecule has 0 bridgehead atoms. The van der Waals surface area contributed by atoms with E-state index in [0.29, 0.717) is 5.75 Å². The fourth-order valence-electron chi connectivity index (χ4n) is 1.15. The molecule has 1 aromatic carbocycles. The van der Waals surface area contributed by atoms with Gasteiger partial charge in [-0.05, 0) is 23.7 Å². The zero-order valence-electron chi connectivity index (χ0n) is 9.74. The summed E-state index contributed by atoms with van der Waals surface area (Å²) in [5, 5.41) is 8.13. The number of aliphatic carboxylic acids is 1. The zero-order chi connectivity index (χ0) is 13.4. The standard InChI is InChI=1S/C12H15NO4S/c13-10(11(14)15)6-7-18-12(16)17-8-9-4-2-1-3-5-9/h1-5,10H,6-8,13H2,(H,14,15)/t10-/m1/s1. The summed E-state index contributed by atoms with van der Waals surface area (Å²) in [5.74, 6) is -0.727. The summed E-state index contributed by atoms with van der Waals surface area (Å²) in [6, 6.07) is 8.40. The van der Waals surface area contributed by atoms with E-state index in [9.17, 15) is 9.59 Å². The lowest BCUT2D eigenvalue weighted by molar-refractivity contribution is -0.138. The maximum absolute atomic E-state index is 11.3. The second-order valence-electron chi connectivity index (χ2n) is 3.61. The van der Waals surface area contributed by atoms with Crippen LogP contribution in [0.3, 0.4) is 0 Å². The summed E-state index contributed by atoms with van der Waals surface area (Å²) < 4.78 is 5.01. The third-order valence-electron chi connectivity index (χ3n) is 2.17. The number of thioether (sulfide) groups is 1. The van der Waals surface area contributed by atoms with Crippen LogP contribution in [0.25, 0.3) is 0 Å². The van der Waals surface area contributed by atoms with Gasteiger partial charge in [-0.3, -0.25) is 4.79 Å². The summed E-state index contributed by atoms with van der Waals surface area (Å²) in [6.45, 7) is 0.220. The summed E-state index contributed by atoms with van der Waals surface area (Å²) in [4.78, 5) is 21.8. The van der Waals surface area contributed by atoms with Gasteiger partial charge < -0.3 is 15.6 Å². The van der Waals surface area contributed by atoms with E-state index in [4.69, 9.17) is 15.6 Å². The predicted molar refractivity (Wildman–Crippen MR) is 69.3 cm³/mol. The average molecular weight is 269 g/mol. The van der Waals surface area contributed by atoms with E-state index in [0.717, 1.165) is 17.3 Å². The number of benzene rings is 1. The Morgan fingerprint density at radius 2 is 2.00 bits per heavy atom. The van der Waals surface area contributed by atoms with Gasteiger partial charge in [0.05, 0.1) is 0 Å². The first-order chi connectivity index (χ1) is 8.59. The first kappa shape index (κ1) is 14.5. The fourth-order valence-corrected chi connectivity index (χ4v) is 1.83. The SMILES string of the molecule is N[C@H](CCSC(=O)OCc1ccccc1)C(=O)O. The largest absolute Gasteiger partial charge is 0.480 e. The van der Waals surface area contributed by atoms with E-state index in [1.165, 1.54) is 0 Å². The number of rotatable bonds is 6. The number of carboxylic acid groups (broad SMARTS) is 1. The zero-order valence-corrected chi connectivity index (χ0v) is 10.6. The summed E-state index contributed by atoms with van der Waals surface area (Å²) in [7, 11) is 0. The molecule has 0 saturated heterocycles. The number of hydrogen-bond donors (Lipinski definition) is 2. The van der Waals surface area contributed by atoms with Gasteiger partial charge in [0.15, 0.2) is 0 Å². The molecular weight excluding hydrogens is 254 g/mol. The molecule has 0 spiro atoms. The number of carbonyl (C=O) groups is 2. The Hall–Kier alpha value is -1.53. The van der Waals surface area contributed by atoms with Crippen molar-refractivity contribution in [1.82, 2.24) is 0 Å². The quantitative estimate of drug-likeness (QED) is 0.766. The highest BCUT2D eigenvalue weighted by Crippen LogP contribution is 2.10. The van der Waals surface area contributed by atoms with Crippen molar-refractivity contribution in [2.45, 2.75) is 19.1 Å². The number of carbonyl (C=O) groups excluding carboxylic acids is 1. The van der Waals surface area contributed by atoms with Crippen LogP contribution in [0, 0.1) is 0 Å². The predicted octanol–water partition coefficient (Wildman–Crippen LogP) is 1.86. The van der Waals surface area contributed by atoms with Gasteiger partial charge in [-0.2, -0.15) is 0 Å². The van der Waals surface area contributed by atoms with Crippen molar-refractivity contribution in [3.63, 3.8) is 0 Å². The minimum absolute atomic E-state index is 0.220. The van der Waals surface area contributed by atoms with Crippen molar-refractivity contribution in [1.29, 1.82) is 0 Å². The molecule has 98 valence electrons. The molecule has 0 radical (unpaired) electrons. The van der Waals surface area contributed by atoms with Crippen molar-refractivity contribution < 1.29 is 19.4 Å². The molecule has 5 nitrogen and oxygen atoms in total. The molecule has 18 heavy (non-hydrogen) atoms. The van der Waals surface area contributed by atoms with Gasteiger partial charge in [0.25, 0.3) is 0 Å². The molecule has 0 fully saturated rings. The Kier molecular flexibility index (Phi) is 6.24. The molecule has 0 heterocycles. The first-order valence-electron chi connectivity index (χ1n) is 5.41. The Morgan fingerprint density at radius 3 is 2.61 bits per heavy atom. The molecule has 0 aromatic heterocycles. The van der Waals surface area contributed by atoms with Gasteiger partial charge in [0, 0.05) is 5.75 Å². The highest BCUT2D eigenvalue weighted by Gasteiger charge is 2.12. The van der Waals surface area contributed by atoms with Crippen molar-refractivity contribution in [2.24, 2.45) is 5.73 Å². The van der Waals surface area contributed by atoms with Crippen LogP contribution in [-0.2, 0) is 16.1 Å². The highest BCUT2D eigenvalue weighted by molar-refractivity contribution is 8.13. The molecule has 0 amide bonds. The van der Waals surface area contributed by atoms with Crippen molar-refractivity contribution in [3.05, 3.63) is 35.9 Å². The Morgan fingerprint density at radius 1 is 1.33 bits per heavy atom. The Bertz CT molecular complexity index is 396. The topological polar surface area (TPSA) is 89.6 Å². The van der Waals surface area contributed by atoms with E-state index < -0.39 is 17.3 Å². The number of nitrogens with two attached hydrogens (primary N) is 1. The van der Waals surface area contributed by atoms with E-state index >= 15 is 0 Å². The van der Waals surface area contributed by atoms with Gasteiger partial charge in [-0.15, -0.1) is 0 Å². The van der Waals surface area contributed by atoms with Gasteiger partial charge in [0.2, 0.25) is 0 Å². The first-order valence-corrected chi connectivity index (χ1v) is 6.40. The molecule has 0 aliphatic heterocycles. The molecule has 1 atom stereocenters. The lowest BCUT2D eigenvalue weighted by atomic mass is 10.2. The monoisotopic (exact) mass is 269 g/mol. The molecule has 0 aliphatic carbocycles. The summed E-state index contributed by atoms with van der Waals surface area (Å²) >= 11 is 0.937. The van der Waals surface area contributed by atoms with Crippen LogP contribution in [0.1, 0.15) is 12.0 Å². The van der Waals surface area contributed by atoms with Crippen LogP contribution < -0.4 is 5.73 Å². The van der Waals surface area contributed by atoms with Crippen LogP contribution in [0.2, 0.25) is 0 Å². The second kappa shape index (κ2) is 7.73. The van der Waals surface area contributed by atoms with Gasteiger partial charge in [-0.1, -0.05) is 30.3 Å². The molecule has 1 aromatic rings. The molecule has 3 N–H and O–H groups in total. The fraction of sp³-hybridized carbons (Fsp3) is 0.333. The third-order valence-corrected chi connectivity index (χ3v) is 2.96. The normalized spacial score (nSPS) is 11.8. The van der Waals surface area contributed by atoms with E-state index in [-0.39, 0.29) is 13.0 Å². The lowest BCUT2D eigenvalue weighted by Gasteiger charge is -2.06. The van der Waals surface area contributed by atoms with E-state index in [1.54, 1.807) is 0 Å². The molecular formula is C12H15NO4S. The molecule has 6 heteroatoms. The van der Waals surface area contributed by atoms with Crippen LogP contribution >= 0.6 is 11.8 Å². The molecule has 0 aliphatic rings. The van der Waals surface area contributed by atoms with Crippen molar-refractivity contribution in [2.75, 3.05) is 5.75 Å². The maximum Gasteiger partial charge on any atom is 0.367 e. The number of ether oxygens (including phenoxy) is 1. The smallest absolute Gasteiger partial charge is 0.367 e. The van der Waals surface area contributed by atoms with E-state index in [2.05, 4.69) is 0 Å².